The SMILES string of the molecule is CC(C)NC(=O)c1ccc2c(c1)C1(CCN(CCCO)CC1)C(=O)N2C. The molecule has 0 aromatic heterocycles. The first-order valence-electron chi connectivity index (χ1n) is 9.46. The minimum atomic E-state index is -0.520. The summed E-state index contributed by atoms with van der Waals surface area (Å²) in [5.74, 6) is 0.0380. The first-order chi connectivity index (χ1) is 12.4. The summed E-state index contributed by atoms with van der Waals surface area (Å²) in [4.78, 5) is 29.6. The number of hydrogen-bond donors (Lipinski definition) is 2. The molecule has 1 fully saturated rings. The normalized spacial score (nSPS) is 19.3. The average molecular weight is 359 g/mol. The molecule has 0 atom stereocenters. The number of hydrogen-bond acceptors (Lipinski definition) is 4. The van der Waals surface area contributed by atoms with E-state index in [2.05, 4.69) is 10.2 Å². The molecule has 1 aromatic carbocycles. The van der Waals surface area contributed by atoms with Gasteiger partial charge >= 0.3 is 0 Å². The summed E-state index contributed by atoms with van der Waals surface area (Å²) in [6, 6.07) is 5.69. The van der Waals surface area contributed by atoms with Gasteiger partial charge in [-0.1, -0.05) is 0 Å². The number of anilines is 1. The van der Waals surface area contributed by atoms with E-state index >= 15 is 0 Å². The Morgan fingerprint density at radius 3 is 2.62 bits per heavy atom. The van der Waals surface area contributed by atoms with Gasteiger partial charge in [0.15, 0.2) is 0 Å². The van der Waals surface area contributed by atoms with Crippen molar-refractivity contribution in [1.29, 1.82) is 0 Å². The van der Waals surface area contributed by atoms with Crippen LogP contribution in [0, 0.1) is 0 Å². The van der Waals surface area contributed by atoms with Gasteiger partial charge in [0.2, 0.25) is 5.91 Å². The van der Waals surface area contributed by atoms with E-state index < -0.39 is 5.41 Å². The standard InChI is InChI=1S/C20H29N3O3/c1-14(2)21-18(25)15-5-6-17-16(13-15)20(19(26)22(17)3)7-10-23(11-8-20)9-4-12-24/h5-6,13-14,24H,4,7-12H2,1-3H3,(H,21,25). The number of amides is 2. The van der Waals surface area contributed by atoms with Crippen LogP contribution in [-0.4, -0.2) is 61.2 Å². The van der Waals surface area contributed by atoms with Crippen LogP contribution in [0.5, 0.6) is 0 Å². The van der Waals surface area contributed by atoms with Crippen LogP contribution in [0.1, 0.15) is 49.0 Å². The smallest absolute Gasteiger partial charge is 0.251 e. The number of aliphatic hydroxyl groups excluding tert-OH is 1. The van der Waals surface area contributed by atoms with Gasteiger partial charge in [-0.05, 0) is 70.0 Å². The Hall–Kier alpha value is -1.92. The van der Waals surface area contributed by atoms with Crippen molar-refractivity contribution in [3.8, 4) is 0 Å². The Kier molecular flexibility index (Phi) is 5.34. The Balaban J connectivity index is 1.88. The average Bonchev–Trinajstić information content (AvgIpc) is 2.83. The molecule has 2 aliphatic rings. The second kappa shape index (κ2) is 7.37. The summed E-state index contributed by atoms with van der Waals surface area (Å²) in [5, 5.41) is 12.0. The second-order valence-corrected chi connectivity index (χ2v) is 7.73. The molecule has 6 nitrogen and oxygen atoms in total. The van der Waals surface area contributed by atoms with E-state index in [1.165, 1.54) is 0 Å². The summed E-state index contributed by atoms with van der Waals surface area (Å²) in [6.45, 7) is 6.60. The molecule has 1 saturated heterocycles. The van der Waals surface area contributed by atoms with Crippen molar-refractivity contribution >= 4 is 17.5 Å². The summed E-state index contributed by atoms with van der Waals surface area (Å²) in [6.07, 6.45) is 2.27. The molecule has 0 radical (unpaired) electrons. The van der Waals surface area contributed by atoms with Crippen LogP contribution in [0.15, 0.2) is 18.2 Å². The summed E-state index contributed by atoms with van der Waals surface area (Å²) in [5.41, 5.74) is 2.00. The van der Waals surface area contributed by atoms with Gasteiger partial charge in [0, 0.05) is 37.5 Å². The maximum Gasteiger partial charge on any atom is 0.251 e. The zero-order chi connectivity index (χ0) is 18.9. The van der Waals surface area contributed by atoms with Crippen molar-refractivity contribution in [2.75, 3.05) is 38.2 Å². The highest BCUT2D eigenvalue weighted by Gasteiger charge is 2.51. The number of rotatable bonds is 5. The highest BCUT2D eigenvalue weighted by molar-refractivity contribution is 6.09. The molecule has 0 saturated carbocycles. The number of nitrogens with zero attached hydrogens (tertiary/aromatic N) is 2. The fourth-order valence-electron chi connectivity index (χ4n) is 4.18. The van der Waals surface area contributed by atoms with Gasteiger partial charge in [0.1, 0.15) is 0 Å². The molecule has 0 aliphatic carbocycles. The van der Waals surface area contributed by atoms with E-state index in [0.29, 0.717) is 5.56 Å². The fraction of sp³-hybridized carbons (Fsp3) is 0.600. The van der Waals surface area contributed by atoms with Crippen molar-refractivity contribution < 1.29 is 14.7 Å². The molecule has 0 bridgehead atoms. The lowest BCUT2D eigenvalue weighted by Crippen LogP contribution is -2.48. The third-order valence-electron chi connectivity index (χ3n) is 5.61. The van der Waals surface area contributed by atoms with Crippen molar-refractivity contribution in [3.63, 3.8) is 0 Å². The van der Waals surface area contributed by atoms with Crippen LogP contribution >= 0.6 is 0 Å². The Morgan fingerprint density at radius 2 is 2.00 bits per heavy atom. The van der Waals surface area contributed by atoms with Crippen LogP contribution in [-0.2, 0) is 10.2 Å². The first kappa shape index (κ1) is 18.9. The lowest BCUT2D eigenvalue weighted by atomic mass is 9.73. The molecule has 6 heteroatoms. The zero-order valence-corrected chi connectivity index (χ0v) is 15.9. The molecule has 2 heterocycles. The molecule has 2 aliphatic heterocycles. The molecular weight excluding hydrogens is 330 g/mol. The minimum Gasteiger partial charge on any atom is -0.396 e. The maximum absolute atomic E-state index is 13.1. The van der Waals surface area contributed by atoms with E-state index in [1.807, 2.05) is 33.0 Å². The largest absolute Gasteiger partial charge is 0.396 e. The van der Waals surface area contributed by atoms with Crippen LogP contribution in [0.3, 0.4) is 0 Å². The van der Waals surface area contributed by atoms with Gasteiger partial charge < -0.3 is 20.2 Å². The van der Waals surface area contributed by atoms with Gasteiger partial charge in [-0.25, -0.2) is 0 Å². The van der Waals surface area contributed by atoms with Crippen LogP contribution in [0.25, 0.3) is 0 Å². The molecule has 2 amide bonds. The molecule has 26 heavy (non-hydrogen) atoms. The van der Waals surface area contributed by atoms with E-state index in [1.54, 1.807) is 11.0 Å². The monoisotopic (exact) mass is 359 g/mol. The van der Waals surface area contributed by atoms with Gasteiger partial charge in [0.25, 0.3) is 5.91 Å². The molecular formula is C20H29N3O3. The van der Waals surface area contributed by atoms with E-state index in [9.17, 15) is 9.59 Å². The molecule has 0 unspecified atom stereocenters. The highest BCUT2D eigenvalue weighted by Crippen LogP contribution is 2.47. The second-order valence-electron chi connectivity index (χ2n) is 7.73. The summed E-state index contributed by atoms with van der Waals surface area (Å²) < 4.78 is 0. The van der Waals surface area contributed by atoms with Gasteiger partial charge in [-0.3, -0.25) is 9.59 Å². The number of fused-ring (bicyclic) bond motifs is 2. The number of carbonyl (C=O) groups excluding carboxylic acids is 2. The number of aliphatic hydroxyl groups is 1. The van der Waals surface area contributed by atoms with Crippen LogP contribution < -0.4 is 10.2 Å². The highest BCUT2D eigenvalue weighted by atomic mass is 16.3. The van der Waals surface area contributed by atoms with Gasteiger partial charge in [-0.15, -0.1) is 0 Å². The van der Waals surface area contributed by atoms with Gasteiger partial charge in [0.05, 0.1) is 5.41 Å². The third-order valence-corrected chi connectivity index (χ3v) is 5.61. The van der Waals surface area contributed by atoms with Crippen molar-refractivity contribution in [2.45, 2.75) is 44.6 Å². The number of benzene rings is 1. The van der Waals surface area contributed by atoms with Crippen LogP contribution in [0.4, 0.5) is 5.69 Å². The fourth-order valence-corrected chi connectivity index (χ4v) is 4.18. The van der Waals surface area contributed by atoms with Crippen LogP contribution in [0.2, 0.25) is 0 Å². The topological polar surface area (TPSA) is 72.9 Å². The lowest BCUT2D eigenvalue weighted by Gasteiger charge is -2.38. The maximum atomic E-state index is 13.1. The quantitative estimate of drug-likeness (QED) is 0.836. The zero-order valence-electron chi connectivity index (χ0n) is 15.9. The number of nitrogens with one attached hydrogen (secondary N) is 1. The predicted octanol–water partition coefficient (Wildman–Crippen LogP) is 1.52. The van der Waals surface area contributed by atoms with E-state index in [4.69, 9.17) is 5.11 Å². The molecule has 1 aromatic rings. The Labute approximate surface area is 155 Å². The summed E-state index contributed by atoms with van der Waals surface area (Å²) >= 11 is 0. The predicted molar refractivity (Wildman–Crippen MR) is 102 cm³/mol. The van der Waals surface area contributed by atoms with Crippen molar-refractivity contribution in [2.24, 2.45) is 0 Å². The first-order valence-corrected chi connectivity index (χ1v) is 9.46. The van der Waals surface area contributed by atoms with E-state index in [-0.39, 0.29) is 24.5 Å². The Bertz CT molecular complexity index is 694. The van der Waals surface area contributed by atoms with Crippen molar-refractivity contribution in [1.82, 2.24) is 10.2 Å². The summed E-state index contributed by atoms with van der Waals surface area (Å²) in [7, 11) is 1.82. The van der Waals surface area contributed by atoms with Crippen molar-refractivity contribution in [3.05, 3.63) is 29.3 Å². The van der Waals surface area contributed by atoms with E-state index in [0.717, 1.165) is 50.1 Å². The molecule has 1 spiro atoms. The minimum absolute atomic E-state index is 0.0729. The van der Waals surface area contributed by atoms with Gasteiger partial charge in [-0.2, -0.15) is 0 Å². The molecule has 142 valence electrons. The number of piperidine rings is 1. The number of carbonyl (C=O) groups is 2. The molecule has 2 N–H and O–H groups in total. The third kappa shape index (κ3) is 3.23. The lowest BCUT2D eigenvalue weighted by molar-refractivity contribution is -0.124. The molecule has 3 rings (SSSR count). The number of likely N-dealkylation sites (tertiary alicyclic amines) is 1. The Morgan fingerprint density at radius 1 is 1.31 bits per heavy atom. The number of likely N-dealkylation sites (N-methyl/N-ethyl adjacent to an activating group) is 1.